The molecule has 5 nitrogen and oxygen atoms in total. The van der Waals surface area contributed by atoms with Gasteiger partial charge >= 0.3 is 12.3 Å². The van der Waals surface area contributed by atoms with E-state index in [1.54, 1.807) is 24.8 Å². The van der Waals surface area contributed by atoms with Crippen molar-refractivity contribution in [3.05, 3.63) is 52.8 Å². The normalized spacial score (nSPS) is 15.9. The van der Waals surface area contributed by atoms with Crippen molar-refractivity contribution in [2.75, 3.05) is 11.4 Å². The maximum Gasteiger partial charge on any atom is 0.573 e. The number of amides is 1. The summed E-state index contributed by atoms with van der Waals surface area (Å²) in [7, 11) is 0. The van der Waals surface area contributed by atoms with Gasteiger partial charge < -0.3 is 14.7 Å². The summed E-state index contributed by atoms with van der Waals surface area (Å²) < 4.78 is 57.1. The quantitative estimate of drug-likeness (QED) is 0.435. The lowest BCUT2D eigenvalue weighted by atomic mass is 9.75. The molecule has 3 rings (SSSR count). The summed E-state index contributed by atoms with van der Waals surface area (Å²) in [5, 5.41) is 8.79. The second-order valence-corrected chi connectivity index (χ2v) is 8.48. The number of fused-ring (bicyclic) bond motifs is 1. The number of nitrogens with zero attached hydrogens (tertiary/aromatic N) is 1. The van der Waals surface area contributed by atoms with Crippen LogP contribution in [-0.4, -0.2) is 29.9 Å². The van der Waals surface area contributed by atoms with Crippen LogP contribution in [-0.2, 0) is 15.0 Å². The van der Waals surface area contributed by atoms with Gasteiger partial charge in [-0.2, -0.15) is 4.39 Å². The first kappa shape index (κ1) is 24.3. The van der Waals surface area contributed by atoms with Crippen molar-refractivity contribution < 1.29 is 37.0 Å². The van der Waals surface area contributed by atoms with Crippen LogP contribution in [0, 0.1) is 6.92 Å². The summed E-state index contributed by atoms with van der Waals surface area (Å²) >= 11 is 0. The van der Waals surface area contributed by atoms with E-state index in [0.29, 0.717) is 35.9 Å². The van der Waals surface area contributed by atoms with Gasteiger partial charge in [-0.3, -0.25) is 4.79 Å². The molecule has 0 radical (unpaired) electrons. The number of halogens is 4. The maximum absolute atomic E-state index is 13.7. The first-order valence-corrected chi connectivity index (χ1v) is 10.2. The molecule has 0 saturated heterocycles. The number of aliphatic carboxylic acids is 1. The van der Waals surface area contributed by atoms with Gasteiger partial charge in [-0.05, 0) is 60.4 Å². The van der Waals surface area contributed by atoms with Gasteiger partial charge in [0.2, 0.25) is 11.7 Å². The van der Waals surface area contributed by atoms with Gasteiger partial charge in [0.05, 0.1) is 0 Å². The Morgan fingerprint density at radius 2 is 1.88 bits per heavy atom. The number of carbonyl (C=O) groups excluding carboxylic acids is 1. The number of anilines is 1. The molecule has 0 saturated carbocycles. The highest BCUT2D eigenvalue weighted by molar-refractivity contribution is 5.99. The van der Waals surface area contributed by atoms with Crippen LogP contribution in [0.1, 0.15) is 43.9 Å². The highest BCUT2D eigenvalue weighted by Crippen LogP contribution is 2.45. The van der Waals surface area contributed by atoms with Gasteiger partial charge in [0.15, 0.2) is 0 Å². The molecular weight excluding hydrogens is 442 g/mol. The van der Waals surface area contributed by atoms with E-state index in [1.807, 2.05) is 19.9 Å². The van der Waals surface area contributed by atoms with Crippen LogP contribution in [0.4, 0.5) is 23.2 Å². The molecule has 1 aliphatic rings. The molecule has 0 fully saturated rings. The van der Waals surface area contributed by atoms with Crippen LogP contribution in [0.5, 0.6) is 5.75 Å². The van der Waals surface area contributed by atoms with Crippen LogP contribution < -0.4 is 9.64 Å². The molecule has 1 heterocycles. The number of ether oxygens (including phenoxy) is 1. The Kier molecular flexibility index (Phi) is 6.28. The largest absolute Gasteiger partial charge is 0.573 e. The summed E-state index contributed by atoms with van der Waals surface area (Å²) in [5.41, 5.74) is 2.00. The number of carboxylic acid groups (broad SMARTS) is 1. The van der Waals surface area contributed by atoms with Gasteiger partial charge in [0, 0.05) is 29.6 Å². The Morgan fingerprint density at radius 3 is 2.45 bits per heavy atom. The van der Waals surface area contributed by atoms with E-state index in [2.05, 4.69) is 4.74 Å². The average molecular weight is 465 g/mol. The second-order valence-electron chi connectivity index (χ2n) is 8.48. The summed E-state index contributed by atoms with van der Waals surface area (Å²) in [6, 6.07) is 6.83. The highest BCUT2D eigenvalue weighted by atomic mass is 19.4. The van der Waals surface area contributed by atoms with Gasteiger partial charge in [0.25, 0.3) is 0 Å². The minimum atomic E-state index is -4.98. The number of carboxylic acids is 1. The predicted octanol–water partition coefficient (Wildman–Crippen LogP) is 5.99. The molecule has 1 amide bonds. The smallest absolute Gasteiger partial charge is 0.476 e. The van der Waals surface area contributed by atoms with Crippen molar-refractivity contribution in [3.63, 3.8) is 0 Å². The van der Waals surface area contributed by atoms with E-state index in [4.69, 9.17) is 5.11 Å². The number of hydrogen-bond acceptors (Lipinski definition) is 3. The Bertz CT molecular complexity index is 1150. The molecule has 0 atom stereocenters. The zero-order chi connectivity index (χ0) is 24.7. The number of carbonyl (C=O) groups is 2. The van der Waals surface area contributed by atoms with Crippen molar-refractivity contribution in [1.29, 1.82) is 0 Å². The highest BCUT2D eigenvalue weighted by Gasteiger charge is 2.37. The third-order valence-electron chi connectivity index (χ3n) is 5.59. The molecular formula is C24H23F4NO4. The van der Waals surface area contributed by atoms with Crippen molar-refractivity contribution in [3.8, 4) is 16.9 Å². The predicted molar refractivity (Wildman–Crippen MR) is 116 cm³/mol. The van der Waals surface area contributed by atoms with Crippen LogP contribution in [0.15, 0.2) is 36.2 Å². The van der Waals surface area contributed by atoms with Crippen molar-refractivity contribution in [1.82, 2.24) is 0 Å². The Labute approximate surface area is 188 Å². The van der Waals surface area contributed by atoms with E-state index in [-0.39, 0.29) is 17.0 Å². The molecule has 0 unspecified atom stereocenters. The fraction of sp³-hybridized carbons (Fsp3) is 0.333. The number of alkyl halides is 3. The fourth-order valence-corrected chi connectivity index (χ4v) is 4.07. The fourth-order valence-electron chi connectivity index (χ4n) is 4.07. The van der Waals surface area contributed by atoms with Crippen molar-refractivity contribution in [2.24, 2.45) is 0 Å². The van der Waals surface area contributed by atoms with E-state index < -0.39 is 29.3 Å². The molecule has 33 heavy (non-hydrogen) atoms. The van der Waals surface area contributed by atoms with Gasteiger partial charge in [-0.15, -0.1) is 13.2 Å². The molecule has 0 bridgehead atoms. The maximum atomic E-state index is 13.7. The number of hydrogen-bond donors (Lipinski definition) is 1. The van der Waals surface area contributed by atoms with Gasteiger partial charge in [-0.25, -0.2) is 4.79 Å². The lowest BCUT2D eigenvalue weighted by Gasteiger charge is -2.39. The lowest BCUT2D eigenvalue weighted by molar-refractivity contribution is -0.274. The third kappa shape index (κ3) is 5.02. The van der Waals surface area contributed by atoms with Crippen LogP contribution >= 0.6 is 0 Å². The van der Waals surface area contributed by atoms with Crippen LogP contribution in [0.2, 0.25) is 0 Å². The molecule has 2 aromatic rings. The summed E-state index contributed by atoms with van der Waals surface area (Å²) in [5.74, 6) is -3.88. The van der Waals surface area contributed by atoms with E-state index in [9.17, 15) is 27.2 Å². The molecule has 0 spiro atoms. The minimum absolute atomic E-state index is 0.00792. The molecule has 9 heteroatoms. The second kappa shape index (κ2) is 8.53. The number of benzene rings is 2. The Hall–Kier alpha value is -3.36. The van der Waals surface area contributed by atoms with Crippen LogP contribution in [0.25, 0.3) is 17.2 Å². The molecule has 0 aromatic heterocycles. The first-order chi connectivity index (χ1) is 15.2. The monoisotopic (exact) mass is 465 g/mol. The van der Waals surface area contributed by atoms with Crippen LogP contribution in [0.3, 0.4) is 0 Å². The van der Waals surface area contributed by atoms with Crippen molar-refractivity contribution >= 4 is 23.6 Å². The number of aryl methyl sites for hydroxylation is 1. The number of rotatable bonds is 5. The Balaban J connectivity index is 2.28. The first-order valence-electron chi connectivity index (χ1n) is 10.2. The van der Waals surface area contributed by atoms with Gasteiger partial charge in [-0.1, -0.05) is 26.0 Å². The lowest BCUT2D eigenvalue weighted by Crippen LogP contribution is -2.41. The minimum Gasteiger partial charge on any atom is -0.476 e. The van der Waals surface area contributed by atoms with E-state index in [0.717, 1.165) is 17.7 Å². The molecule has 176 valence electrons. The summed E-state index contributed by atoms with van der Waals surface area (Å²) in [4.78, 5) is 25.1. The SMILES string of the molecule is CCN1C(=O)CC(C)(C)c2cc(C)c(-c3cc(C=C(F)C(=O)O)ccc3OC(F)(F)F)cc21. The third-order valence-corrected chi connectivity index (χ3v) is 5.59. The Morgan fingerprint density at radius 1 is 1.21 bits per heavy atom. The molecule has 1 aliphatic heterocycles. The molecule has 1 N–H and O–H groups in total. The molecule has 0 aliphatic carbocycles. The summed E-state index contributed by atoms with van der Waals surface area (Å²) in [6.07, 6.45) is -3.97. The van der Waals surface area contributed by atoms with E-state index in [1.165, 1.54) is 6.07 Å². The summed E-state index contributed by atoms with van der Waals surface area (Å²) in [6.45, 7) is 7.75. The zero-order valence-electron chi connectivity index (χ0n) is 18.5. The zero-order valence-corrected chi connectivity index (χ0v) is 18.5. The molecule has 2 aromatic carbocycles. The van der Waals surface area contributed by atoms with Crippen molar-refractivity contribution in [2.45, 2.75) is 45.9 Å². The standard InChI is InChI=1S/C24H23F4NO4/c1-5-29-19-11-15(13(2)8-17(19)23(3,4)12-21(29)30)16-9-14(10-18(25)22(31)32)6-7-20(16)33-24(26,27)28/h6-11H,5,12H2,1-4H3,(H,31,32). The van der Waals surface area contributed by atoms with Gasteiger partial charge in [0.1, 0.15) is 5.75 Å². The topological polar surface area (TPSA) is 66.8 Å². The van der Waals surface area contributed by atoms with E-state index >= 15 is 0 Å². The average Bonchev–Trinajstić information content (AvgIpc) is 2.68.